The lowest BCUT2D eigenvalue weighted by atomic mass is 10.0. The van der Waals surface area contributed by atoms with E-state index in [0.717, 1.165) is 17.5 Å². The first kappa shape index (κ1) is 25.2. The Morgan fingerprint density at radius 3 is 2.63 bits per heavy atom. The molecule has 1 amide bonds. The van der Waals surface area contributed by atoms with Crippen molar-refractivity contribution >= 4 is 17.2 Å². The van der Waals surface area contributed by atoms with Crippen molar-refractivity contribution in [3.8, 4) is 11.5 Å². The van der Waals surface area contributed by atoms with Crippen molar-refractivity contribution in [3.05, 3.63) is 82.0 Å². The first-order valence-electron chi connectivity index (χ1n) is 12.1. The minimum atomic E-state index is -0.528. The van der Waals surface area contributed by atoms with Crippen LogP contribution in [0.4, 0.5) is 0 Å². The molecule has 1 N–H and O–H groups in total. The molecule has 0 saturated heterocycles. The summed E-state index contributed by atoms with van der Waals surface area (Å²) in [6, 6.07) is 19.5. The molecule has 0 bridgehead atoms. The standard InChI is InChI=1S/C28H34N2O4S/c1-3-29(18-22(31)17-21-9-5-4-6-10-21)19-28(32)30-15-13-27-23(14-16-35-27)24(30)20-34-26-12-8-7-11-25(26)33-2/h4-12,14,16,22,24,31H,3,13,15,17-20H2,1-2H3/t22-,24+/m0/s1. The summed E-state index contributed by atoms with van der Waals surface area (Å²) in [4.78, 5) is 18.8. The second kappa shape index (κ2) is 12.2. The van der Waals surface area contributed by atoms with Crippen LogP contribution in [0.15, 0.2) is 66.0 Å². The molecule has 7 heteroatoms. The minimum Gasteiger partial charge on any atom is -0.493 e. The van der Waals surface area contributed by atoms with Gasteiger partial charge < -0.3 is 19.5 Å². The van der Waals surface area contributed by atoms with Gasteiger partial charge in [0.1, 0.15) is 6.61 Å². The Kier molecular flexibility index (Phi) is 8.79. The van der Waals surface area contributed by atoms with E-state index in [2.05, 4.69) is 11.4 Å². The number of methoxy groups -OCH3 is 1. The fourth-order valence-corrected chi connectivity index (χ4v) is 5.55. The van der Waals surface area contributed by atoms with Gasteiger partial charge in [0.25, 0.3) is 0 Å². The van der Waals surface area contributed by atoms with E-state index in [4.69, 9.17) is 9.47 Å². The number of aliphatic hydroxyl groups is 1. The largest absolute Gasteiger partial charge is 0.493 e. The van der Waals surface area contributed by atoms with E-state index in [1.54, 1.807) is 18.4 Å². The van der Waals surface area contributed by atoms with Crippen LogP contribution in [0.25, 0.3) is 0 Å². The molecule has 0 saturated carbocycles. The monoisotopic (exact) mass is 494 g/mol. The summed E-state index contributed by atoms with van der Waals surface area (Å²) in [6.07, 6.45) is 0.898. The Hall–Kier alpha value is -2.87. The number of rotatable bonds is 11. The highest BCUT2D eigenvalue weighted by Gasteiger charge is 2.33. The molecule has 2 atom stereocenters. The molecule has 35 heavy (non-hydrogen) atoms. The summed E-state index contributed by atoms with van der Waals surface area (Å²) >= 11 is 1.74. The number of aliphatic hydroxyl groups excluding tert-OH is 1. The van der Waals surface area contributed by atoms with Crippen molar-refractivity contribution in [2.75, 3.05) is 39.9 Å². The zero-order valence-electron chi connectivity index (χ0n) is 20.4. The molecule has 0 aliphatic carbocycles. The zero-order valence-corrected chi connectivity index (χ0v) is 21.2. The highest BCUT2D eigenvalue weighted by atomic mass is 32.1. The van der Waals surface area contributed by atoms with E-state index < -0.39 is 6.10 Å². The van der Waals surface area contributed by atoms with Gasteiger partial charge in [-0.1, -0.05) is 49.4 Å². The lowest BCUT2D eigenvalue weighted by molar-refractivity contribution is -0.136. The van der Waals surface area contributed by atoms with Crippen molar-refractivity contribution in [2.45, 2.75) is 31.9 Å². The van der Waals surface area contributed by atoms with Crippen LogP contribution in [0, 0.1) is 0 Å². The number of carbonyl (C=O) groups is 1. The number of nitrogens with zero attached hydrogens (tertiary/aromatic N) is 2. The molecule has 0 unspecified atom stereocenters. The van der Waals surface area contributed by atoms with Gasteiger partial charge in [0, 0.05) is 18.0 Å². The number of ether oxygens (including phenoxy) is 2. The summed E-state index contributed by atoms with van der Waals surface area (Å²) in [7, 11) is 1.63. The maximum Gasteiger partial charge on any atom is 0.237 e. The van der Waals surface area contributed by atoms with Gasteiger partial charge in [-0.2, -0.15) is 0 Å². The van der Waals surface area contributed by atoms with Crippen LogP contribution in [-0.4, -0.2) is 66.8 Å². The highest BCUT2D eigenvalue weighted by molar-refractivity contribution is 7.10. The van der Waals surface area contributed by atoms with Crippen LogP contribution >= 0.6 is 11.3 Å². The van der Waals surface area contributed by atoms with Crippen molar-refractivity contribution in [1.82, 2.24) is 9.80 Å². The third-order valence-corrected chi connectivity index (χ3v) is 7.47. The zero-order chi connectivity index (χ0) is 24.6. The summed E-state index contributed by atoms with van der Waals surface area (Å²) in [6.45, 7) is 4.47. The maximum absolute atomic E-state index is 13.5. The van der Waals surface area contributed by atoms with Gasteiger partial charge in [-0.25, -0.2) is 0 Å². The molecule has 2 aromatic carbocycles. The fourth-order valence-electron chi connectivity index (χ4n) is 4.62. The smallest absolute Gasteiger partial charge is 0.237 e. The van der Waals surface area contributed by atoms with Gasteiger partial charge in [0.2, 0.25) is 5.91 Å². The number of benzene rings is 2. The molecule has 1 aromatic heterocycles. The van der Waals surface area contributed by atoms with E-state index in [0.29, 0.717) is 44.2 Å². The van der Waals surface area contributed by atoms with Crippen molar-refractivity contribution in [3.63, 3.8) is 0 Å². The molecule has 4 rings (SSSR count). The number of thiophene rings is 1. The van der Waals surface area contributed by atoms with Crippen LogP contribution in [0.1, 0.15) is 29.0 Å². The number of fused-ring (bicyclic) bond motifs is 1. The molecular formula is C28H34N2O4S. The summed E-state index contributed by atoms with van der Waals surface area (Å²) < 4.78 is 11.6. The first-order valence-corrected chi connectivity index (χ1v) is 13.0. The molecule has 6 nitrogen and oxygen atoms in total. The van der Waals surface area contributed by atoms with Crippen LogP contribution in [0.2, 0.25) is 0 Å². The predicted octanol–water partition coefficient (Wildman–Crippen LogP) is 4.19. The summed E-state index contributed by atoms with van der Waals surface area (Å²) in [5, 5.41) is 12.7. The molecule has 1 aliphatic rings. The quantitative estimate of drug-likeness (QED) is 0.433. The Labute approximate surface area is 211 Å². The van der Waals surface area contributed by atoms with Gasteiger partial charge in [0.15, 0.2) is 11.5 Å². The van der Waals surface area contributed by atoms with Crippen molar-refractivity contribution in [1.29, 1.82) is 0 Å². The second-order valence-electron chi connectivity index (χ2n) is 8.79. The van der Waals surface area contributed by atoms with E-state index in [-0.39, 0.29) is 18.5 Å². The lowest BCUT2D eigenvalue weighted by Crippen LogP contribution is -2.47. The number of amides is 1. The van der Waals surface area contributed by atoms with E-state index in [9.17, 15) is 9.90 Å². The van der Waals surface area contributed by atoms with Crippen molar-refractivity contribution < 1.29 is 19.4 Å². The van der Waals surface area contributed by atoms with Gasteiger partial charge >= 0.3 is 0 Å². The van der Waals surface area contributed by atoms with Gasteiger partial charge in [-0.15, -0.1) is 11.3 Å². The average Bonchev–Trinajstić information content (AvgIpc) is 3.36. The van der Waals surface area contributed by atoms with Crippen LogP contribution in [-0.2, 0) is 17.6 Å². The maximum atomic E-state index is 13.5. The van der Waals surface area contributed by atoms with Crippen molar-refractivity contribution in [2.24, 2.45) is 0 Å². The third-order valence-electron chi connectivity index (χ3n) is 6.47. The lowest BCUT2D eigenvalue weighted by Gasteiger charge is -2.37. The molecule has 0 fully saturated rings. The normalized spacial score (nSPS) is 16.1. The molecule has 0 spiro atoms. The molecule has 2 heterocycles. The molecule has 0 radical (unpaired) electrons. The summed E-state index contributed by atoms with van der Waals surface area (Å²) in [5.74, 6) is 1.41. The van der Waals surface area contributed by atoms with Gasteiger partial charge in [0.05, 0.1) is 25.8 Å². The highest BCUT2D eigenvalue weighted by Crippen LogP contribution is 2.35. The number of para-hydroxylation sites is 2. The first-order chi connectivity index (χ1) is 17.1. The van der Waals surface area contributed by atoms with Gasteiger partial charge in [-0.3, -0.25) is 9.69 Å². The SMILES string of the molecule is CCN(CC(=O)N1CCc2sccc2[C@H]1COc1ccccc1OC)C[C@@H](O)Cc1ccccc1. The Bertz CT molecular complexity index is 1090. The Balaban J connectivity index is 1.42. The van der Waals surface area contributed by atoms with Gasteiger partial charge in [-0.05, 0) is 54.1 Å². The topological polar surface area (TPSA) is 62.2 Å². The molecule has 3 aromatic rings. The second-order valence-corrected chi connectivity index (χ2v) is 9.79. The van der Waals surface area contributed by atoms with E-state index >= 15 is 0 Å². The van der Waals surface area contributed by atoms with Crippen LogP contribution in [0.3, 0.4) is 0 Å². The predicted molar refractivity (Wildman–Crippen MR) is 139 cm³/mol. The number of hydrogen-bond acceptors (Lipinski definition) is 6. The third kappa shape index (κ3) is 6.42. The van der Waals surface area contributed by atoms with Crippen LogP contribution in [0.5, 0.6) is 11.5 Å². The Morgan fingerprint density at radius 1 is 1.14 bits per heavy atom. The fraction of sp³-hybridized carbons (Fsp3) is 0.393. The molecule has 1 aliphatic heterocycles. The Morgan fingerprint density at radius 2 is 1.89 bits per heavy atom. The minimum absolute atomic E-state index is 0.0595. The van der Waals surface area contributed by atoms with E-state index in [1.165, 1.54) is 4.88 Å². The number of hydrogen-bond donors (Lipinski definition) is 1. The summed E-state index contributed by atoms with van der Waals surface area (Å²) in [5.41, 5.74) is 2.26. The van der Waals surface area contributed by atoms with Crippen LogP contribution < -0.4 is 9.47 Å². The van der Waals surface area contributed by atoms with E-state index in [1.807, 2.05) is 71.3 Å². The number of likely N-dealkylation sites (N-methyl/N-ethyl adjacent to an activating group) is 1. The molecular weight excluding hydrogens is 460 g/mol. The molecule has 186 valence electrons. The number of carbonyl (C=O) groups excluding carboxylic acids is 1. The average molecular weight is 495 g/mol.